The first kappa shape index (κ1) is 20.9. The third-order valence-corrected chi connectivity index (χ3v) is 4.26. The maximum atomic E-state index is 12.3. The van der Waals surface area contributed by atoms with Gasteiger partial charge >= 0.3 is 0 Å². The number of carbonyl (C=O) groups excluding carboxylic acids is 2. The first-order valence-corrected chi connectivity index (χ1v) is 9.13. The largest absolute Gasteiger partial charge is 0.377 e. The molecule has 1 heterocycles. The second-order valence-corrected chi connectivity index (χ2v) is 7.98. The number of carbonyl (C=O) groups is 2. The summed E-state index contributed by atoms with van der Waals surface area (Å²) in [6.45, 7) is 9.29. The summed E-state index contributed by atoms with van der Waals surface area (Å²) in [4.78, 5) is 23.8. The Morgan fingerprint density at radius 2 is 1.79 bits per heavy atom. The van der Waals surface area contributed by atoms with Crippen LogP contribution in [0.5, 0.6) is 0 Å². The molecule has 0 saturated carbocycles. The summed E-state index contributed by atoms with van der Waals surface area (Å²) >= 11 is 0. The molecule has 1 rings (SSSR count). The third kappa shape index (κ3) is 7.18. The predicted molar refractivity (Wildman–Crippen MR) is 95.6 cm³/mol. The molecule has 1 aliphatic heterocycles. The van der Waals surface area contributed by atoms with Gasteiger partial charge in [-0.15, -0.1) is 0 Å². The van der Waals surface area contributed by atoms with Gasteiger partial charge in [0.1, 0.15) is 0 Å². The van der Waals surface area contributed by atoms with Gasteiger partial charge < -0.3 is 21.1 Å². The second kappa shape index (κ2) is 9.37. The molecule has 0 aromatic carbocycles. The Morgan fingerprint density at radius 1 is 1.17 bits per heavy atom. The van der Waals surface area contributed by atoms with E-state index < -0.39 is 11.4 Å². The first-order valence-electron chi connectivity index (χ1n) is 9.13. The number of unbranched alkanes of at least 4 members (excludes halogenated alkanes) is 4. The van der Waals surface area contributed by atoms with E-state index >= 15 is 0 Å². The molecule has 0 aliphatic carbocycles. The van der Waals surface area contributed by atoms with Crippen LogP contribution >= 0.6 is 0 Å². The Kier molecular flexibility index (Phi) is 8.16. The first-order chi connectivity index (χ1) is 11.2. The molecule has 1 fully saturated rings. The molecule has 2 amide bonds. The Bertz CT molecular complexity index is 414. The molecule has 0 spiro atoms. The summed E-state index contributed by atoms with van der Waals surface area (Å²) in [6, 6.07) is -0.342. The average Bonchev–Trinajstić information content (AvgIpc) is 2.40. The highest BCUT2D eigenvalue weighted by Crippen LogP contribution is 2.26. The fraction of sp³-hybridized carbons (Fsp3) is 0.889. The van der Waals surface area contributed by atoms with E-state index in [9.17, 15) is 9.59 Å². The van der Waals surface area contributed by atoms with Crippen LogP contribution in [-0.4, -0.2) is 42.1 Å². The van der Waals surface area contributed by atoms with Gasteiger partial charge in [-0.2, -0.15) is 0 Å². The van der Waals surface area contributed by atoms with E-state index in [-0.39, 0.29) is 23.9 Å². The summed E-state index contributed by atoms with van der Waals surface area (Å²) in [6.07, 6.45) is 6.12. The van der Waals surface area contributed by atoms with Crippen molar-refractivity contribution in [3.8, 4) is 0 Å². The topological polar surface area (TPSA) is 93.5 Å². The van der Waals surface area contributed by atoms with Crippen LogP contribution in [0.25, 0.3) is 0 Å². The van der Waals surface area contributed by atoms with Crippen LogP contribution in [0.2, 0.25) is 0 Å². The van der Waals surface area contributed by atoms with Gasteiger partial charge in [-0.3, -0.25) is 9.59 Å². The molecule has 0 unspecified atom stereocenters. The number of ether oxygens (including phenoxy) is 1. The molecule has 1 atom stereocenters. The lowest BCUT2D eigenvalue weighted by Gasteiger charge is -2.51. The molecular formula is C18H35N3O3. The predicted octanol–water partition coefficient (Wildman–Crippen LogP) is 1.86. The van der Waals surface area contributed by atoms with Crippen molar-refractivity contribution in [2.45, 2.75) is 89.8 Å². The maximum absolute atomic E-state index is 12.3. The number of amides is 2. The SMILES string of the molecule is CCCCCCCC(=O)N[C@H](CC(N)=O)C1(NC(C)(C)C)COC1. The normalized spacial score (nSPS) is 17.8. The van der Waals surface area contributed by atoms with Gasteiger partial charge in [-0.1, -0.05) is 32.6 Å². The third-order valence-electron chi connectivity index (χ3n) is 4.26. The highest BCUT2D eigenvalue weighted by Gasteiger charge is 2.48. The van der Waals surface area contributed by atoms with Crippen LogP contribution in [0, 0.1) is 0 Å². The summed E-state index contributed by atoms with van der Waals surface area (Å²) in [5.41, 5.74) is 4.83. The summed E-state index contributed by atoms with van der Waals surface area (Å²) in [7, 11) is 0. The number of rotatable bonds is 11. The quantitative estimate of drug-likeness (QED) is 0.500. The number of hydrogen-bond acceptors (Lipinski definition) is 4. The lowest BCUT2D eigenvalue weighted by Crippen LogP contribution is -2.74. The molecule has 6 nitrogen and oxygen atoms in total. The van der Waals surface area contributed by atoms with Crippen molar-refractivity contribution < 1.29 is 14.3 Å². The number of primary amides is 1. The van der Waals surface area contributed by atoms with E-state index in [1.807, 2.05) is 0 Å². The van der Waals surface area contributed by atoms with Crippen molar-refractivity contribution in [1.29, 1.82) is 0 Å². The summed E-state index contributed by atoms with van der Waals surface area (Å²) in [5, 5.41) is 6.54. The molecule has 0 aromatic heterocycles. The zero-order valence-electron chi connectivity index (χ0n) is 15.7. The molecule has 4 N–H and O–H groups in total. The number of nitrogens with one attached hydrogen (secondary N) is 2. The van der Waals surface area contributed by atoms with Gasteiger partial charge in [-0.05, 0) is 27.2 Å². The Balaban J connectivity index is 2.61. The Labute approximate surface area is 146 Å². The molecule has 1 saturated heterocycles. The van der Waals surface area contributed by atoms with Gasteiger partial charge in [0.2, 0.25) is 11.8 Å². The van der Waals surface area contributed by atoms with Crippen LogP contribution in [0.1, 0.15) is 72.6 Å². The van der Waals surface area contributed by atoms with Crippen molar-refractivity contribution >= 4 is 11.8 Å². The van der Waals surface area contributed by atoms with E-state index in [0.29, 0.717) is 19.6 Å². The van der Waals surface area contributed by atoms with E-state index in [1.54, 1.807) is 0 Å². The van der Waals surface area contributed by atoms with Crippen LogP contribution < -0.4 is 16.4 Å². The molecule has 0 aromatic rings. The molecule has 6 heteroatoms. The van der Waals surface area contributed by atoms with Crippen LogP contribution in [-0.2, 0) is 14.3 Å². The average molecular weight is 341 g/mol. The van der Waals surface area contributed by atoms with Crippen LogP contribution in [0.15, 0.2) is 0 Å². The van der Waals surface area contributed by atoms with Crippen molar-refractivity contribution in [1.82, 2.24) is 10.6 Å². The lowest BCUT2D eigenvalue weighted by atomic mass is 9.83. The maximum Gasteiger partial charge on any atom is 0.220 e. The molecule has 0 radical (unpaired) electrons. The molecule has 0 bridgehead atoms. The van der Waals surface area contributed by atoms with Crippen LogP contribution in [0.4, 0.5) is 0 Å². The Morgan fingerprint density at radius 3 is 2.25 bits per heavy atom. The van der Waals surface area contributed by atoms with Gasteiger partial charge in [0, 0.05) is 18.4 Å². The van der Waals surface area contributed by atoms with Crippen LogP contribution in [0.3, 0.4) is 0 Å². The van der Waals surface area contributed by atoms with Crippen molar-refractivity contribution in [2.75, 3.05) is 13.2 Å². The smallest absolute Gasteiger partial charge is 0.220 e. The number of nitrogens with two attached hydrogens (primary N) is 1. The van der Waals surface area contributed by atoms with Gasteiger partial charge in [-0.25, -0.2) is 0 Å². The van der Waals surface area contributed by atoms with Crippen molar-refractivity contribution in [3.63, 3.8) is 0 Å². The minimum atomic E-state index is -0.425. The van der Waals surface area contributed by atoms with Gasteiger partial charge in [0.15, 0.2) is 0 Å². The zero-order valence-corrected chi connectivity index (χ0v) is 15.7. The monoisotopic (exact) mass is 341 g/mol. The Hall–Kier alpha value is -1.14. The highest BCUT2D eigenvalue weighted by molar-refractivity contribution is 5.79. The summed E-state index contributed by atoms with van der Waals surface area (Å²) < 4.78 is 5.39. The van der Waals surface area contributed by atoms with E-state index in [2.05, 4.69) is 38.3 Å². The highest BCUT2D eigenvalue weighted by atomic mass is 16.5. The minimum absolute atomic E-state index is 0.0141. The molecular weight excluding hydrogens is 306 g/mol. The van der Waals surface area contributed by atoms with E-state index in [4.69, 9.17) is 10.5 Å². The molecule has 24 heavy (non-hydrogen) atoms. The second-order valence-electron chi connectivity index (χ2n) is 7.98. The zero-order chi connectivity index (χ0) is 18.2. The molecule has 140 valence electrons. The van der Waals surface area contributed by atoms with Gasteiger partial charge in [0.05, 0.1) is 24.8 Å². The number of hydrogen-bond donors (Lipinski definition) is 3. The van der Waals surface area contributed by atoms with Crippen molar-refractivity contribution in [2.24, 2.45) is 5.73 Å². The summed E-state index contributed by atoms with van der Waals surface area (Å²) in [5.74, 6) is -0.426. The molecule has 1 aliphatic rings. The van der Waals surface area contributed by atoms with Gasteiger partial charge in [0.25, 0.3) is 0 Å². The lowest BCUT2D eigenvalue weighted by molar-refractivity contribution is -0.133. The fourth-order valence-corrected chi connectivity index (χ4v) is 3.17. The standard InChI is InChI=1S/C18H35N3O3/c1-5-6-7-8-9-10-16(23)20-14(11-15(19)22)18(12-24-13-18)21-17(2,3)4/h14,21H,5-13H2,1-4H3,(H2,19,22)(H,20,23)/t14-/m1/s1. The van der Waals surface area contributed by atoms with E-state index in [1.165, 1.54) is 12.8 Å². The fourth-order valence-electron chi connectivity index (χ4n) is 3.17. The van der Waals surface area contributed by atoms with E-state index in [0.717, 1.165) is 19.3 Å². The van der Waals surface area contributed by atoms with Crippen molar-refractivity contribution in [3.05, 3.63) is 0 Å². The minimum Gasteiger partial charge on any atom is -0.377 e.